The van der Waals surface area contributed by atoms with E-state index in [0.717, 1.165) is 12.8 Å². The van der Waals surface area contributed by atoms with Gasteiger partial charge >= 0.3 is 0 Å². The Morgan fingerprint density at radius 3 is 2.89 bits per heavy atom. The lowest BCUT2D eigenvalue weighted by molar-refractivity contribution is 0.269. The molecule has 2 rings (SSSR count). The van der Waals surface area contributed by atoms with Crippen LogP contribution in [0.5, 0.6) is 0 Å². The van der Waals surface area contributed by atoms with Crippen molar-refractivity contribution in [3.63, 3.8) is 0 Å². The van der Waals surface area contributed by atoms with Crippen LogP contribution in [-0.2, 0) is 16.6 Å². The van der Waals surface area contributed by atoms with E-state index >= 15 is 0 Å². The van der Waals surface area contributed by atoms with Crippen LogP contribution in [-0.4, -0.2) is 36.0 Å². The van der Waals surface area contributed by atoms with Gasteiger partial charge in [0, 0.05) is 12.2 Å². The summed E-state index contributed by atoms with van der Waals surface area (Å²) in [6.07, 6.45) is 6.91. The van der Waals surface area contributed by atoms with Crippen LogP contribution in [0.25, 0.3) is 0 Å². The molecule has 1 aromatic rings. The van der Waals surface area contributed by atoms with E-state index in [0.29, 0.717) is 12.5 Å². The number of hydrogen-bond donors (Lipinski definition) is 2. The molecule has 1 unspecified atom stereocenters. The second kappa shape index (κ2) is 6.02. The fraction of sp³-hybridized carbons (Fsp3) is 0.750. The van der Waals surface area contributed by atoms with E-state index in [1.165, 1.54) is 29.9 Å². The summed E-state index contributed by atoms with van der Waals surface area (Å²) in [7, 11) is -3.50. The number of aliphatic hydroxyl groups is 1. The zero-order valence-corrected chi connectivity index (χ0v) is 11.9. The second-order valence-electron chi connectivity index (χ2n) is 5.07. The lowest BCUT2D eigenvalue weighted by Crippen LogP contribution is -2.34. The van der Waals surface area contributed by atoms with Crippen LogP contribution in [0.4, 0.5) is 0 Å². The molecule has 1 aliphatic carbocycles. The highest BCUT2D eigenvalue weighted by Gasteiger charge is 2.28. The fourth-order valence-electron chi connectivity index (χ4n) is 2.05. The second-order valence-corrected chi connectivity index (χ2v) is 6.78. The van der Waals surface area contributed by atoms with Gasteiger partial charge < -0.3 is 5.11 Å². The van der Waals surface area contributed by atoms with Crippen LogP contribution in [0, 0.1) is 5.92 Å². The molecule has 1 heterocycles. The number of hydrogen-bond acceptors (Lipinski definition) is 4. The number of nitrogens with one attached hydrogen (secondary N) is 1. The smallest absolute Gasteiger partial charge is 0.243 e. The van der Waals surface area contributed by atoms with E-state index in [4.69, 9.17) is 5.11 Å². The maximum atomic E-state index is 12.2. The molecule has 0 aliphatic heterocycles. The maximum absolute atomic E-state index is 12.2. The summed E-state index contributed by atoms with van der Waals surface area (Å²) in [6.45, 7) is 2.23. The molecule has 0 amide bonds. The molecule has 1 atom stereocenters. The quantitative estimate of drug-likeness (QED) is 0.738. The largest absolute Gasteiger partial charge is 0.394 e. The average molecular weight is 287 g/mol. The van der Waals surface area contributed by atoms with Crippen molar-refractivity contribution in [2.75, 3.05) is 6.61 Å². The van der Waals surface area contributed by atoms with Crippen molar-refractivity contribution in [3.8, 4) is 0 Å². The van der Waals surface area contributed by atoms with Crippen molar-refractivity contribution in [1.29, 1.82) is 0 Å². The first-order valence-corrected chi connectivity index (χ1v) is 8.19. The predicted octanol–water partition coefficient (Wildman–Crippen LogP) is 0.732. The van der Waals surface area contributed by atoms with Gasteiger partial charge in [0.1, 0.15) is 4.90 Å². The Bertz CT molecular complexity index is 508. The SMILES string of the molecule is CCC(CC1CC1)NS(=O)(=O)c1cnn(CCO)c1. The van der Waals surface area contributed by atoms with E-state index in [1.54, 1.807) is 0 Å². The van der Waals surface area contributed by atoms with Crippen molar-refractivity contribution < 1.29 is 13.5 Å². The van der Waals surface area contributed by atoms with Crippen LogP contribution in [0.15, 0.2) is 17.3 Å². The number of nitrogens with zero attached hydrogens (tertiary/aromatic N) is 2. The molecule has 2 N–H and O–H groups in total. The van der Waals surface area contributed by atoms with E-state index in [9.17, 15) is 8.42 Å². The zero-order chi connectivity index (χ0) is 13.9. The Labute approximate surface area is 113 Å². The minimum Gasteiger partial charge on any atom is -0.394 e. The number of aliphatic hydroxyl groups excluding tert-OH is 1. The van der Waals surface area contributed by atoms with Gasteiger partial charge in [0.15, 0.2) is 0 Å². The first-order chi connectivity index (χ1) is 9.05. The van der Waals surface area contributed by atoms with Gasteiger partial charge in [-0.2, -0.15) is 5.10 Å². The normalized spacial score (nSPS) is 17.6. The van der Waals surface area contributed by atoms with Crippen LogP contribution in [0.1, 0.15) is 32.6 Å². The fourth-order valence-corrected chi connectivity index (χ4v) is 3.33. The third-order valence-electron chi connectivity index (χ3n) is 3.38. The van der Waals surface area contributed by atoms with E-state index in [2.05, 4.69) is 9.82 Å². The molecular weight excluding hydrogens is 266 g/mol. The minimum atomic E-state index is -3.50. The van der Waals surface area contributed by atoms with Gasteiger partial charge in [-0.25, -0.2) is 13.1 Å². The Hall–Kier alpha value is -0.920. The van der Waals surface area contributed by atoms with Gasteiger partial charge in [0.2, 0.25) is 10.0 Å². The number of aromatic nitrogens is 2. The Kier molecular flexibility index (Phi) is 4.59. The number of sulfonamides is 1. The van der Waals surface area contributed by atoms with Crippen LogP contribution >= 0.6 is 0 Å². The van der Waals surface area contributed by atoms with Gasteiger partial charge in [0.05, 0.1) is 19.3 Å². The molecule has 0 spiro atoms. The van der Waals surface area contributed by atoms with Crippen LogP contribution in [0.3, 0.4) is 0 Å². The first-order valence-electron chi connectivity index (χ1n) is 6.70. The lowest BCUT2D eigenvalue weighted by atomic mass is 10.1. The molecule has 1 fully saturated rings. The third kappa shape index (κ3) is 4.02. The summed E-state index contributed by atoms with van der Waals surface area (Å²) in [5.74, 6) is 0.685. The molecule has 7 heteroatoms. The summed E-state index contributed by atoms with van der Waals surface area (Å²) in [5.41, 5.74) is 0. The molecule has 1 aliphatic rings. The molecule has 0 bridgehead atoms. The van der Waals surface area contributed by atoms with E-state index in [-0.39, 0.29) is 17.5 Å². The van der Waals surface area contributed by atoms with Gasteiger partial charge in [-0.1, -0.05) is 19.8 Å². The number of rotatable bonds is 8. The first kappa shape index (κ1) is 14.5. The highest BCUT2D eigenvalue weighted by molar-refractivity contribution is 7.89. The van der Waals surface area contributed by atoms with Crippen LogP contribution in [0.2, 0.25) is 0 Å². The Morgan fingerprint density at radius 2 is 2.32 bits per heavy atom. The summed E-state index contributed by atoms with van der Waals surface area (Å²) in [5, 5.41) is 12.7. The third-order valence-corrected chi connectivity index (χ3v) is 4.85. The molecule has 0 aromatic carbocycles. The van der Waals surface area contributed by atoms with Gasteiger partial charge in [0.25, 0.3) is 0 Å². The van der Waals surface area contributed by atoms with Crippen molar-refractivity contribution in [1.82, 2.24) is 14.5 Å². The summed E-state index contributed by atoms with van der Waals surface area (Å²) in [4.78, 5) is 0.162. The molecule has 6 nitrogen and oxygen atoms in total. The highest BCUT2D eigenvalue weighted by Crippen LogP contribution is 2.34. The molecule has 19 heavy (non-hydrogen) atoms. The highest BCUT2D eigenvalue weighted by atomic mass is 32.2. The lowest BCUT2D eigenvalue weighted by Gasteiger charge is -2.15. The van der Waals surface area contributed by atoms with Gasteiger partial charge in [-0.15, -0.1) is 0 Å². The van der Waals surface area contributed by atoms with Crippen LogP contribution < -0.4 is 4.72 Å². The monoisotopic (exact) mass is 287 g/mol. The molecule has 0 saturated heterocycles. The zero-order valence-electron chi connectivity index (χ0n) is 11.1. The molecular formula is C12H21N3O3S. The Morgan fingerprint density at radius 1 is 1.58 bits per heavy atom. The standard InChI is InChI=1S/C12H21N3O3S/c1-2-11(7-10-3-4-10)14-19(17,18)12-8-13-15(9-12)5-6-16/h8-11,14,16H,2-7H2,1H3. The summed E-state index contributed by atoms with van der Waals surface area (Å²) in [6, 6.07) is -0.00121. The molecule has 1 aromatic heterocycles. The average Bonchev–Trinajstić information content (AvgIpc) is 3.04. The minimum absolute atomic E-state index is 0.00121. The summed E-state index contributed by atoms with van der Waals surface area (Å²) < 4.78 is 28.6. The van der Waals surface area contributed by atoms with Gasteiger partial charge in [-0.05, 0) is 18.8 Å². The van der Waals surface area contributed by atoms with Crippen molar-refractivity contribution in [3.05, 3.63) is 12.4 Å². The predicted molar refractivity (Wildman–Crippen MR) is 71.1 cm³/mol. The van der Waals surface area contributed by atoms with Crippen molar-refractivity contribution >= 4 is 10.0 Å². The van der Waals surface area contributed by atoms with Gasteiger partial charge in [-0.3, -0.25) is 4.68 Å². The Balaban J connectivity index is 2.02. The summed E-state index contributed by atoms with van der Waals surface area (Å²) >= 11 is 0. The molecule has 0 radical (unpaired) electrons. The van der Waals surface area contributed by atoms with Crippen molar-refractivity contribution in [2.24, 2.45) is 5.92 Å². The topological polar surface area (TPSA) is 84.2 Å². The molecule has 1 saturated carbocycles. The van der Waals surface area contributed by atoms with Crippen molar-refractivity contribution in [2.45, 2.75) is 50.1 Å². The van der Waals surface area contributed by atoms with E-state index in [1.807, 2.05) is 6.92 Å². The molecule has 108 valence electrons. The maximum Gasteiger partial charge on any atom is 0.243 e. The van der Waals surface area contributed by atoms with E-state index < -0.39 is 10.0 Å².